The van der Waals surface area contributed by atoms with Crippen molar-refractivity contribution in [1.82, 2.24) is 9.97 Å². The highest BCUT2D eigenvalue weighted by molar-refractivity contribution is 6.30. The minimum atomic E-state index is 0.761. The van der Waals surface area contributed by atoms with E-state index in [-0.39, 0.29) is 0 Å². The molecule has 0 amide bonds. The molecule has 0 bridgehead atoms. The van der Waals surface area contributed by atoms with Gasteiger partial charge < -0.3 is 15.4 Å². The number of ether oxygens (including phenoxy) is 1. The second-order valence-electron chi connectivity index (χ2n) is 6.12. The van der Waals surface area contributed by atoms with Crippen LogP contribution in [-0.2, 0) is 12.8 Å². The number of anilines is 2. The van der Waals surface area contributed by atoms with Gasteiger partial charge in [0.1, 0.15) is 23.7 Å². The SMILES string of the molecule is COc1cccc(CCNc2cc(NCCc3cccc(Cl)c3)ncn2)c1. The topological polar surface area (TPSA) is 59.1 Å². The van der Waals surface area contributed by atoms with Gasteiger partial charge in [-0.25, -0.2) is 9.97 Å². The van der Waals surface area contributed by atoms with Crippen molar-refractivity contribution >= 4 is 23.2 Å². The molecule has 0 fully saturated rings. The van der Waals surface area contributed by atoms with E-state index in [0.29, 0.717) is 0 Å². The Morgan fingerprint density at radius 3 is 2.11 bits per heavy atom. The summed E-state index contributed by atoms with van der Waals surface area (Å²) >= 11 is 6.01. The molecule has 27 heavy (non-hydrogen) atoms. The molecule has 0 unspecified atom stereocenters. The highest BCUT2D eigenvalue weighted by Gasteiger charge is 2.01. The van der Waals surface area contributed by atoms with Crippen molar-refractivity contribution in [2.24, 2.45) is 0 Å². The number of benzene rings is 2. The molecule has 0 radical (unpaired) electrons. The molecule has 3 aromatic rings. The van der Waals surface area contributed by atoms with E-state index < -0.39 is 0 Å². The normalized spacial score (nSPS) is 10.4. The van der Waals surface area contributed by atoms with Gasteiger partial charge in [-0.05, 0) is 48.2 Å². The van der Waals surface area contributed by atoms with Crippen LogP contribution in [0.5, 0.6) is 5.75 Å². The van der Waals surface area contributed by atoms with Gasteiger partial charge in [0.2, 0.25) is 0 Å². The van der Waals surface area contributed by atoms with Crippen molar-refractivity contribution in [1.29, 1.82) is 0 Å². The van der Waals surface area contributed by atoms with Gasteiger partial charge in [-0.2, -0.15) is 0 Å². The van der Waals surface area contributed by atoms with Gasteiger partial charge in [0, 0.05) is 24.2 Å². The Bertz CT molecular complexity index is 872. The van der Waals surface area contributed by atoms with Crippen LogP contribution in [0.2, 0.25) is 5.02 Å². The van der Waals surface area contributed by atoms with Crippen molar-refractivity contribution in [3.8, 4) is 5.75 Å². The summed E-state index contributed by atoms with van der Waals surface area (Å²) in [5.74, 6) is 2.48. The molecule has 0 saturated carbocycles. The number of hydrogen-bond donors (Lipinski definition) is 2. The van der Waals surface area contributed by atoms with E-state index in [0.717, 1.165) is 48.3 Å². The Labute approximate surface area is 164 Å². The zero-order valence-corrected chi connectivity index (χ0v) is 16.0. The quantitative estimate of drug-likeness (QED) is 0.572. The molecule has 0 aliphatic heterocycles. The molecule has 140 valence electrons. The molecule has 6 heteroatoms. The van der Waals surface area contributed by atoms with Crippen molar-refractivity contribution in [2.75, 3.05) is 30.8 Å². The fourth-order valence-corrected chi connectivity index (χ4v) is 2.95. The van der Waals surface area contributed by atoms with Crippen LogP contribution in [0.1, 0.15) is 11.1 Å². The molecule has 0 aliphatic rings. The van der Waals surface area contributed by atoms with E-state index >= 15 is 0 Å². The third kappa shape index (κ3) is 6.15. The van der Waals surface area contributed by atoms with E-state index in [1.165, 1.54) is 11.1 Å². The molecule has 2 aromatic carbocycles. The van der Waals surface area contributed by atoms with Crippen LogP contribution in [0.25, 0.3) is 0 Å². The maximum Gasteiger partial charge on any atom is 0.131 e. The monoisotopic (exact) mass is 382 g/mol. The van der Waals surface area contributed by atoms with Crippen LogP contribution >= 0.6 is 11.6 Å². The molecule has 1 heterocycles. The second kappa shape index (κ2) is 9.78. The molecule has 5 nitrogen and oxygen atoms in total. The van der Waals surface area contributed by atoms with Gasteiger partial charge in [0.25, 0.3) is 0 Å². The molecular formula is C21H23ClN4O. The first-order valence-electron chi connectivity index (χ1n) is 8.90. The lowest BCUT2D eigenvalue weighted by molar-refractivity contribution is 0.414. The minimum absolute atomic E-state index is 0.761. The lowest BCUT2D eigenvalue weighted by Gasteiger charge is -2.09. The van der Waals surface area contributed by atoms with E-state index in [9.17, 15) is 0 Å². The van der Waals surface area contributed by atoms with Crippen LogP contribution in [0.3, 0.4) is 0 Å². The highest BCUT2D eigenvalue weighted by Crippen LogP contribution is 2.14. The fourth-order valence-electron chi connectivity index (χ4n) is 2.74. The first kappa shape index (κ1) is 19.0. The molecule has 0 saturated heterocycles. The predicted octanol–water partition coefficient (Wildman–Crippen LogP) is 4.45. The Morgan fingerprint density at radius 1 is 0.852 bits per heavy atom. The zero-order valence-electron chi connectivity index (χ0n) is 15.3. The highest BCUT2D eigenvalue weighted by atomic mass is 35.5. The van der Waals surface area contributed by atoms with Crippen LogP contribution in [-0.4, -0.2) is 30.2 Å². The average molecular weight is 383 g/mol. The largest absolute Gasteiger partial charge is 0.497 e. The third-order valence-electron chi connectivity index (χ3n) is 4.13. The second-order valence-corrected chi connectivity index (χ2v) is 6.56. The van der Waals surface area contributed by atoms with E-state index in [2.05, 4.69) is 32.7 Å². The zero-order chi connectivity index (χ0) is 18.9. The molecule has 0 aliphatic carbocycles. The number of halogens is 1. The van der Waals surface area contributed by atoms with E-state index in [1.807, 2.05) is 42.5 Å². The Hall–Kier alpha value is -2.79. The maximum atomic E-state index is 6.01. The molecule has 0 spiro atoms. The molecule has 1 aromatic heterocycles. The molecule has 3 rings (SSSR count). The number of aromatic nitrogens is 2. The van der Waals surface area contributed by atoms with Crippen molar-refractivity contribution in [3.05, 3.63) is 77.1 Å². The van der Waals surface area contributed by atoms with Gasteiger partial charge in [-0.1, -0.05) is 35.9 Å². The summed E-state index contributed by atoms with van der Waals surface area (Å²) in [6.45, 7) is 1.56. The lowest BCUT2D eigenvalue weighted by atomic mass is 10.1. The summed E-state index contributed by atoms with van der Waals surface area (Å²) < 4.78 is 5.25. The van der Waals surface area contributed by atoms with Gasteiger partial charge in [0.05, 0.1) is 7.11 Å². The first-order chi connectivity index (χ1) is 13.2. The van der Waals surface area contributed by atoms with Gasteiger partial charge in [-0.3, -0.25) is 0 Å². The maximum absolute atomic E-state index is 6.01. The molecule has 0 atom stereocenters. The summed E-state index contributed by atoms with van der Waals surface area (Å²) in [7, 11) is 1.68. The third-order valence-corrected chi connectivity index (χ3v) is 4.36. The Balaban J connectivity index is 1.46. The van der Waals surface area contributed by atoms with Crippen LogP contribution in [0.4, 0.5) is 11.6 Å². The summed E-state index contributed by atoms with van der Waals surface area (Å²) in [6, 6.07) is 17.9. The van der Waals surface area contributed by atoms with Crippen molar-refractivity contribution < 1.29 is 4.74 Å². The summed E-state index contributed by atoms with van der Waals surface area (Å²) in [4.78, 5) is 8.55. The lowest BCUT2D eigenvalue weighted by Crippen LogP contribution is -2.09. The first-order valence-corrected chi connectivity index (χ1v) is 9.28. The number of rotatable bonds is 9. The Kier molecular flexibility index (Phi) is 6.88. The average Bonchev–Trinajstić information content (AvgIpc) is 2.69. The van der Waals surface area contributed by atoms with Crippen LogP contribution in [0.15, 0.2) is 60.9 Å². The standard InChI is InChI=1S/C21H23ClN4O/c1-27-19-7-3-5-17(13-19)9-11-24-21-14-20(25-15-26-21)23-10-8-16-4-2-6-18(22)12-16/h2-7,12-15H,8-11H2,1H3,(H2,23,24,25,26). The van der Waals surface area contributed by atoms with Crippen LogP contribution < -0.4 is 15.4 Å². The molecule has 2 N–H and O–H groups in total. The Morgan fingerprint density at radius 2 is 1.48 bits per heavy atom. The number of nitrogens with zero attached hydrogens (tertiary/aromatic N) is 2. The fraction of sp³-hybridized carbons (Fsp3) is 0.238. The van der Waals surface area contributed by atoms with Gasteiger partial charge in [-0.15, -0.1) is 0 Å². The van der Waals surface area contributed by atoms with Crippen molar-refractivity contribution in [2.45, 2.75) is 12.8 Å². The van der Waals surface area contributed by atoms with Crippen molar-refractivity contribution in [3.63, 3.8) is 0 Å². The number of methoxy groups -OCH3 is 1. The summed E-state index contributed by atoms with van der Waals surface area (Å²) in [5.41, 5.74) is 2.41. The smallest absolute Gasteiger partial charge is 0.131 e. The van der Waals surface area contributed by atoms with Gasteiger partial charge in [0.15, 0.2) is 0 Å². The summed E-state index contributed by atoms with van der Waals surface area (Å²) in [5, 5.41) is 7.42. The van der Waals surface area contributed by atoms with Crippen LogP contribution in [0, 0.1) is 0 Å². The minimum Gasteiger partial charge on any atom is -0.497 e. The number of nitrogens with one attached hydrogen (secondary N) is 2. The summed E-state index contributed by atoms with van der Waals surface area (Å²) in [6.07, 6.45) is 3.33. The van der Waals surface area contributed by atoms with E-state index in [1.54, 1.807) is 13.4 Å². The number of hydrogen-bond acceptors (Lipinski definition) is 5. The predicted molar refractivity (Wildman–Crippen MR) is 111 cm³/mol. The van der Waals surface area contributed by atoms with E-state index in [4.69, 9.17) is 16.3 Å². The van der Waals surface area contributed by atoms with Gasteiger partial charge >= 0.3 is 0 Å². The molecular weight excluding hydrogens is 360 g/mol.